The molecular formula is C22H29N3O2. The largest absolute Gasteiger partial charge is 0.490 e. The molecule has 5 nitrogen and oxygen atoms in total. The van der Waals surface area contributed by atoms with Crippen molar-refractivity contribution in [1.29, 1.82) is 0 Å². The summed E-state index contributed by atoms with van der Waals surface area (Å²) in [4.78, 5) is 2.39. The zero-order valence-electron chi connectivity index (χ0n) is 16.1. The normalized spacial score (nSPS) is 26.7. The molecule has 1 saturated heterocycles. The van der Waals surface area contributed by atoms with Crippen LogP contribution in [0.2, 0.25) is 0 Å². The lowest BCUT2D eigenvalue weighted by Crippen LogP contribution is -2.33. The van der Waals surface area contributed by atoms with Gasteiger partial charge in [-0.2, -0.15) is 0 Å². The van der Waals surface area contributed by atoms with E-state index in [9.17, 15) is 5.11 Å². The van der Waals surface area contributed by atoms with E-state index in [1.165, 1.54) is 11.1 Å². The maximum absolute atomic E-state index is 10.5. The molecule has 0 radical (unpaired) electrons. The molecule has 3 aliphatic heterocycles. The second-order valence-electron chi connectivity index (χ2n) is 8.21. The third-order valence-electron chi connectivity index (χ3n) is 5.60. The van der Waals surface area contributed by atoms with Gasteiger partial charge in [-0.15, -0.1) is 0 Å². The topological polar surface area (TPSA) is 70.8 Å². The number of nitrogens with two attached hydrogens (primary N) is 1. The summed E-state index contributed by atoms with van der Waals surface area (Å²) in [5, 5.41) is 13.9. The molecule has 0 aromatic heterocycles. The minimum atomic E-state index is -0.896. The number of benzene rings is 1. The number of allylic oxidation sites excluding steroid dienone is 2. The van der Waals surface area contributed by atoms with Crippen molar-refractivity contribution in [3.63, 3.8) is 0 Å². The minimum Gasteiger partial charge on any atom is -0.490 e. The highest BCUT2D eigenvalue weighted by Gasteiger charge is 2.28. The Morgan fingerprint density at radius 2 is 2.26 bits per heavy atom. The van der Waals surface area contributed by atoms with Crippen molar-refractivity contribution in [2.45, 2.75) is 38.0 Å². The van der Waals surface area contributed by atoms with Crippen LogP contribution < -0.4 is 15.8 Å². The van der Waals surface area contributed by atoms with Crippen LogP contribution in [-0.2, 0) is 5.60 Å². The Labute approximate surface area is 161 Å². The molecule has 2 atom stereocenters. The van der Waals surface area contributed by atoms with Crippen molar-refractivity contribution in [3.05, 3.63) is 59.3 Å². The van der Waals surface area contributed by atoms with E-state index in [4.69, 9.17) is 10.5 Å². The first-order chi connectivity index (χ1) is 12.9. The van der Waals surface area contributed by atoms with Gasteiger partial charge in [0.15, 0.2) is 0 Å². The molecule has 27 heavy (non-hydrogen) atoms. The number of ether oxygens (including phenoxy) is 1. The molecule has 1 aromatic rings. The third kappa shape index (κ3) is 3.81. The summed E-state index contributed by atoms with van der Waals surface area (Å²) in [6.07, 6.45) is 9.52. The molecule has 144 valence electrons. The van der Waals surface area contributed by atoms with Crippen LogP contribution in [0.4, 0.5) is 0 Å². The molecule has 0 aliphatic carbocycles. The minimum absolute atomic E-state index is 0.125. The van der Waals surface area contributed by atoms with Gasteiger partial charge in [0.2, 0.25) is 0 Å². The molecule has 4 N–H and O–H groups in total. The second-order valence-corrected chi connectivity index (χ2v) is 8.21. The van der Waals surface area contributed by atoms with E-state index in [1.54, 1.807) is 0 Å². The summed E-state index contributed by atoms with van der Waals surface area (Å²) in [7, 11) is 0. The van der Waals surface area contributed by atoms with Crippen LogP contribution in [0.15, 0.2) is 48.2 Å². The van der Waals surface area contributed by atoms with Gasteiger partial charge in [0, 0.05) is 31.2 Å². The van der Waals surface area contributed by atoms with E-state index in [0.29, 0.717) is 6.61 Å². The second kappa shape index (κ2) is 7.15. The fourth-order valence-corrected chi connectivity index (χ4v) is 4.00. The van der Waals surface area contributed by atoms with E-state index in [1.807, 2.05) is 38.3 Å². The van der Waals surface area contributed by atoms with Crippen LogP contribution in [-0.4, -0.2) is 48.3 Å². The third-order valence-corrected chi connectivity index (χ3v) is 5.60. The van der Waals surface area contributed by atoms with Gasteiger partial charge < -0.3 is 20.9 Å². The average molecular weight is 367 g/mol. The SMILES string of the molecule is CC(C)(O)c1ccc2c(c1)/C(=C/CN1CCC(N)C1)C1=CC=CNC1CO2. The van der Waals surface area contributed by atoms with Crippen molar-refractivity contribution >= 4 is 5.57 Å². The lowest BCUT2D eigenvalue weighted by Gasteiger charge is -2.23. The van der Waals surface area contributed by atoms with Crippen LogP contribution in [0.3, 0.4) is 0 Å². The molecule has 5 heteroatoms. The Kier molecular flexibility index (Phi) is 4.84. The van der Waals surface area contributed by atoms with Crippen molar-refractivity contribution in [2.24, 2.45) is 5.73 Å². The van der Waals surface area contributed by atoms with Gasteiger partial charge in [-0.05, 0) is 61.4 Å². The first kappa shape index (κ1) is 18.3. The smallest absolute Gasteiger partial charge is 0.127 e. The van der Waals surface area contributed by atoms with E-state index < -0.39 is 5.60 Å². The van der Waals surface area contributed by atoms with Gasteiger partial charge in [0.05, 0.1) is 11.6 Å². The number of hydrogen-bond acceptors (Lipinski definition) is 5. The fraction of sp³-hybridized carbons (Fsp3) is 0.455. The Morgan fingerprint density at radius 3 is 3.00 bits per heavy atom. The van der Waals surface area contributed by atoms with E-state index in [-0.39, 0.29) is 12.1 Å². The molecule has 2 unspecified atom stereocenters. The Bertz CT molecular complexity index is 804. The summed E-state index contributed by atoms with van der Waals surface area (Å²) in [5.41, 5.74) is 9.51. The monoisotopic (exact) mass is 367 g/mol. The van der Waals surface area contributed by atoms with Crippen molar-refractivity contribution in [2.75, 3.05) is 26.2 Å². The first-order valence-electron chi connectivity index (χ1n) is 9.73. The lowest BCUT2D eigenvalue weighted by atomic mass is 9.88. The van der Waals surface area contributed by atoms with Crippen molar-refractivity contribution in [3.8, 4) is 5.75 Å². The zero-order chi connectivity index (χ0) is 19.0. The molecule has 0 amide bonds. The summed E-state index contributed by atoms with van der Waals surface area (Å²) < 4.78 is 6.11. The van der Waals surface area contributed by atoms with Gasteiger partial charge in [0.25, 0.3) is 0 Å². The Hall–Kier alpha value is -2.08. The predicted octanol–water partition coefficient (Wildman–Crippen LogP) is 2.13. The van der Waals surface area contributed by atoms with Crippen LogP contribution in [0.25, 0.3) is 5.57 Å². The molecule has 4 rings (SSSR count). The quantitative estimate of drug-likeness (QED) is 0.764. The maximum Gasteiger partial charge on any atom is 0.127 e. The van der Waals surface area contributed by atoms with Gasteiger partial charge in [0.1, 0.15) is 12.4 Å². The van der Waals surface area contributed by atoms with E-state index >= 15 is 0 Å². The average Bonchev–Trinajstić information content (AvgIpc) is 2.98. The number of rotatable bonds is 3. The molecule has 1 aromatic carbocycles. The van der Waals surface area contributed by atoms with E-state index in [2.05, 4.69) is 28.4 Å². The maximum atomic E-state index is 10.5. The Balaban J connectivity index is 1.76. The van der Waals surface area contributed by atoms with Crippen LogP contribution in [0.5, 0.6) is 5.75 Å². The lowest BCUT2D eigenvalue weighted by molar-refractivity contribution is 0.0785. The standard InChI is InChI=1S/C22H29N3O2/c1-22(2,26)15-5-6-21-19(12-15)17(8-11-25-10-7-16(23)13-25)18-4-3-9-24-20(18)14-27-21/h3-6,8-9,12,16,20,24,26H,7,10-11,13-14,23H2,1-2H3/b17-8+. The van der Waals surface area contributed by atoms with Crippen LogP contribution in [0, 0.1) is 0 Å². The van der Waals surface area contributed by atoms with E-state index in [0.717, 1.165) is 42.9 Å². The molecule has 0 bridgehead atoms. The molecular weight excluding hydrogens is 338 g/mol. The van der Waals surface area contributed by atoms with Crippen molar-refractivity contribution in [1.82, 2.24) is 10.2 Å². The summed E-state index contributed by atoms with van der Waals surface area (Å²) in [5.74, 6) is 0.865. The molecule has 1 fully saturated rings. The number of fused-ring (bicyclic) bond motifs is 2. The molecule has 3 aliphatic rings. The van der Waals surface area contributed by atoms with Crippen LogP contribution in [0.1, 0.15) is 31.4 Å². The molecule has 0 saturated carbocycles. The number of hydrogen-bond donors (Lipinski definition) is 3. The molecule has 0 spiro atoms. The van der Waals surface area contributed by atoms with Gasteiger partial charge in [-0.1, -0.05) is 18.2 Å². The number of nitrogens with one attached hydrogen (secondary N) is 1. The highest BCUT2D eigenvalue weighted by Crippen LogP contribution is 2.39. The van der Waals surface area contributed by atoms with Crippen molar-refractivity contribution < 1.29 is 9.84 Å². The highest BCUT2D eigenvalue weighted by molar-refractivity contribution is 5.85. The summed E-state index contributed by atoms with van der Waals surface area (Å²) in [6, 6.07) is 6.40. The first-order valence-corrected chi connectivity index (χ1v) is 9.73. The Morgan fingerprint density at radius 1 is 1.41 bits per heavy atom. The number of aliphatic hydroxyl groups is 1. The highest BCUT2D eigenvalue weighted by atomic mass is 16.5. The number of nitrogens with zero attached hydrogens (tertiary/aromatic N) is 1. The summed E-state index contributed by atoms with van der Waals surface area (Å²) >= 11 is 0. The predicted molar refractivity (Wildman–Crippen MR) is 108 cm³/mol. The zero-order valence-corrected chi connectivity index (χ0v) is 16.1. The summed E-state index contributed by atoms with van der Waals surface area (Å²) in [6.45, 7) is 7.05. The van der Waals surface area contributed by atoms with Crippen LogP contribution >= 0.6 is 0 Å². The van der Waals surface area contributed by atoms with Gasteiger partial charge >= 0.3 is 0 Å². The van der Waals surface area contributed by atoms with Gasteiger partial charge in [-0.3, -0.25) is 4.90 Å². The number of likely N-dealkylation sites (tertiary alicyclic amines) is 1. The molecule has 3 heterocycles. The number of dihydropyridines is 1. The fourth-order valence-electron chi connectivity index (χ4n) is 4.00. The van der Waals surface area contributed by atoms with Gasteiger partial charge in [-0.25, -0.2) is 0 Å².